The number of nitrogens with one attached hydrogen (secondary N) is 2. The van der Waals surface area contributed by atoms with E-state index in [0.717, 1.165) is 11.3 Å². The second kappa shape index (κ2) is 8.99. The van der Waals surface area contributed by atoms with E-state index in [2.05, 4.69) is 27.4 Å². The molecule has 0 saturated heterocycles. The number of aryl methyl sites for hydroxylation is 1. The summed E-state index contributed by atoms with van der Waals surface area (Å²) in [4.78, 5) is 24.3. The average molecular weight is 417 g/mol. The Morgan fingerprint density at radius 1 is 1.48 bits per heavy atom. The summed E-state index contributed by atoms with van der Waals surface area (Å²) in [6.07, 6.45) is 3.36. The molecule has 1 aliphatic heterocycles. The molecule has 10 heteroatoms. The van der Waals surface area contributed by atoms with E-state index in [1.54, 1.807) is 26.2 Å². The van der Waals surface area contributed by atoms with Crippen LogP contribution in [0.1, 0.15) is 19.6 Å². The first-order valence-corrected chi connectivity index (χ1v) is 10.1. The molecule has 2 aromatic rings. The zero-order valence-electron chi connectivity index (χ0n) is 16.5. The summed E-state index contributed by atoms with van der Waals surface area (Å²) < 4.78 is 12.4. The molecule has 9 nitrogen and oxygen atoms in total. The molecule has 0 saturated carbocycles. The highest BCUT2D eigenvalue weighted by molar-refractivity contribution is 7.99. The fourth-order valence-corrected chi connectivity index (χ4v) is 3.95. The van der Waals surface area contributed by atoms with Crippen LogP contribution in [0.15, 0.2) is 45.8 Å². The van der Waals surface area contributed by atoms with E-state index in [9.17, 15) is 9.59 Å². The third-order valence-corrected chi connectivity index (χ3v) is 5.33. The van der Waals surface area contributed by atoms with Gasteiger partial charge in [-0.15, -0.1) is 16.8 Å². The van der Waals surface area contributed by atoms with Crippen molar-refractivity contribution >= 4 is 23.8 Å². The van der Waals surface area contributed by atoms with Gasteiger partial charge in [-0.3, -0.25) is 4.57 Å². The summed E-state index contributed by atoms with van der Waals surface area (Å²) in [7, 11) is 0. The lowest BCUT2D eigenvalue weighted by molar-refractivity contribution is -0.138. The molecule has 29 heavy (non-hydrogen) atoms. The van der Waals surface area contributed by atoms with Gasteiger partial charge in [0.1, 0.15) is 5.76 Å². The van der Waals surface area contributed by atoms with Gasteiger partial charge in [0.05, 0.1) is 30.0 Å². The van der Waals surface area contributed by atoms with Gasteiger partial charge in [-0.25, -0.2) is 9.59 Å². The molecule has 2 amide bonds. The molecule has 0 unspecified atom stereocenters. The Morgan fingerprint density at radius 2 is 2.28 bits per heavy atom. The van der Waals surface area contributed by atoms with Crippen LogP contribution in [0.25, 0.3) is 11.4 Å². The highest BCUT2D eigenvalue weighted by Crippen LogP contribution is 2.28. The largest absolute Gasteiger partial charge is 0.469 e. The Bertz CT molecular complexity index is 962. The van der Waals surface area contributed by atoms with E-state index in [0.29, 0.717) is 34.5 Å². The van der Waals surface area contributed by atoms with Crippen LogP contribution in [0, 0.1) is 6.92 Å². The van der Waals surface area contributed by atoms with Crippen molar-refractivity contribution in [3.8, 4) is 11.4 Å². The van der Waals surface area contributed by atoms with Crippen LogP contribution < -0.4 is 10.6 Å². The zero-order valence-corrected chi connectivity index (χ0v) is 17.3. The Labute approximate surface area is 172 Å². The van der Waals surface area contributed by atoms with Gasteiger partial charge in [-0.2, -0.15) is 0 Å². The number of urea groups is 1. The lowest BCUT2D eigenvalue weighted by Gasteiger charge is -2.26. The highest BCUT2D eigenvalue weighted by Gasteiger charge is 2.30. The van der Waals surface area contributed by atoms with Gasteiger partial charge in [0.25, 0.3) is 0 Å². The molecule has 2 N–H and O–H groups in total. The molecule has 0 fully saturated rings. The first-order valence-electron chi connectivity index (χ1n) is 9.15. The fraction of sp³-hybridized carbons (Fsp3) is 0.368. The van der Waals surface area contributed by atoms with Gasteiger partial charge in [-0.1, -0.05) is 17.8 Å². The molecule has 0 radical (unpaired) electrons. The Kier molecular flexibility index (Phi) is 6.42. The van der Waals surface area contributed by atoms with Crippen molar-refractivity contribution in [2.45, 2.75) is 38.5 Å². The first kappa shape index (κ1) is 20.7. The summed E-state index contributed by atoms with van der Waals surface area (Å²) in [5, 5.41) is 14.6. The number of hydrogen-bond donors (Lipinski definition) is 2. The van der Waals surface area contributed by atoms with E-state index < -0.39 is 12.0 Å². The predicted octanol–water partition coefficient (Wildman–Crippen LogP) is 2.64. The van der Waals surface area contributed by atoms with Crippen LogP contribution in [-0.2, 0) is 16.1 Å². The zero-order chi connectivity index (χ0) is 21.0. The maximum atomic E-state index is 12.4. The number of esters is 1. The molecular weight excluding hydrogens is 394 g/mol. The van der Waals surface area contributed by atoms with Gasteiger partial charge in [0, 0.05) is 18.0 Å². The number of ether oxygens (including phenoxy) is 1. The van der Waals surface area contributed by atoms with E-state index in [4.69, 9.17) is 9.15 Å². The van der Waals surface area contributed by atoms with Crippen LogP contribution in [0.4, 0.5) is 4.79 Å². The van der Waals surface area contributed by atoms with Crippen molar-refractivity contribution < 1.29 is 18.7 Å². The highest BCUT2D eigenvalue weighted by atomic mass is 32.2. The minimum absolute atomic E-state index is 0.254. The standard InChI is InChI=1S/C19H23N5O4S/c1-5-8-24-16(13-7-9-28-12(13)4)22-23-19(24)29-10-14-15(17(25)27-6-2)11(3)20-18(26)21-14/h5,7,9,11H,1,6,8,10H2,2-4H3,(H2,20,21,26)/t11-/m0/s1. The molecule has 0 aliphatic carbocycles. The molecule has 2 aromatic heterocycles. The van der Waals surface area contributed by atoms with Gasteiger partial charge < -0.3 is 19.8 Å². The summed E-state index contributed by atoms with van der Waals surface area (Å²) in [5.41, 5.74) is 1.75. The molecule has 0 bridgehead atoms. The molecule has 3 rings (SSSR count). The quantitative estimate of drug-likeness (QED) is 0.386. The maximum absolute atomic E-state index is 12.4. The Hall–Kier alpha value is -3.01. The van der Waals surface area contributed by atoms with Gasteiger partial charge >= 0.3 is 12.0 Å². The number of aromatic nitrogens is 3. The molecule has 1 aliphatic rings. The minimum Gasteiger partial charge on any atom is -0.469 e. The van der Waals surface area contributed by atoms with E-state index in [1.165, 1.54) is 11.8 Å². The van der Waals surface area contributed by atoms with Crippen LogP contribution in [0.2, 0.25) is 0 Å². The van der Waals surface area contributed by atoms with Crippen molar-refractivity contribution in [3.63, 3.8) is 0 Å². The normalized spacial score (nSPS) is 16.4. The van der Waals surface area contributed by atoms with Crippen LogP contribution in [0.3, 0.4) is 0 Å². The van der Waals surface area contributed by atoms with E-state index >= 15 is 0 Å². The molecule has 154 valence electrons. The maximum Gasteiger partial charge on any atom is 0.337 e. The van der Waals surface area contributed by atoms with E-state index in [-0.39, 0.29) is 12.6 Å². The number of carbonyl (C=O) groups excluding carboxylic acids is 2. The number of thioether (sulfide) groups is 1. The second-order valence-electron chi connectivity index (χ2n) is 6.32. The number of allylic oxidation sites excluding steroid dienone is 1. The van der Waals surface area contributed by atoms with Crippen LogP contribution in [0.5, 0.6) is 0 Å². The lowest BCUT2D eigenvalue weighted by atomic mass is 10.1. The summed E-state index contributed by atoms with van der Waals surface area (Å²) >= 11 is 1.36. The minimum atomic E-state index is -0.453. The molecule has 3 heterocycles. The van der Waals surface area contributed by atoms with Crippen LogP contribution >= 0.6 is 11.8 Å². The SMILES string of the molecule is C=CCn1c(SCC2=C(C(=O)OCC)[C@H](C)NC(=O)N2)nnc1-c1ccoc1C. The smallest absolute Gasteiger partial charge is 0.337 e. The second-order valence-corrected chi connectivity index (χ2v) is 7.26. The Morgan fingerprint density at radius 3 is 2.93 bits per heavy atom. The lowest BCUT2D eigenvalue weighted by Crippen LogP contribution is -2.49. The number of carbonyl (C=O) groups is 2. The first-order chi connectivity index (χ1) is 14.0. The number of rotatable bonds is 8. The number of furan rings is 1. The Balaban J connectivity index is 1.89. The molecule has 1 atom stereocenters. The monoisotopic (exact) mass is 417 g/mol. The fourth-order valence-electron chi connectivity index (χ4n) is 3.04. The summed E-state index contributed by atoms with van der Waals surface area (Å²) in [6.45, 7) is 9.90. The van der Waals surface area contributed by atoms with Gasteiger partial charge in [-0.05, 0) is 26.8 Å². The number of amides is 2. The number of nitrogens with zero attached hydrogens (tertiary/aromatic N) is 3. The molecular formula is C19H23N5O4S. The number of hydrogen-bond acceptors (Lipinski definition) is 7. The topological polar surface area (TPSA) is 111 Å². The molecule has 0 spiro atoms. The van der Waals surface area contributed by atoms with Gasteiger partial charge in [0.15, 0.2) is 11.0 Å². The van der Waals surface area contributed by atoms with Crippen molar-refractivity contribution in [1.82, 2.24) is 25.4 Å². The van der Waals surface area contributed by atoms with Crippen molar-refractivity contribution in [2.24, 2.45) is 0 Å². The van der Waals surface area contributed by atoms with Crippen molar-refractivity contribution in [2.75, 3.05) is 12.4 Å². The van der Waals surface area contributed by atoms with E-state index in [1.807, 2.05) is 17.6 Å². The summed E-state index contributed by atoms with van der Waals surface area (Å²) in [6, 6.07) is 1.03. The van der Waals surface area contributed by atoms with Gasteiger partial charge in [0.2, 0.25) is 0 Å². The van der Waals surface area contributed by atoms with Crippen molar-refractivity contribution in [3.05, 3.63) is 42.0 Å². The van der Waals surface area contributed by atoms with Crippen LogP contribution in [-0.4, -0.2) is 45.2 Å². The molecule has 0 aromatic carbocycles. The predicted molar refractivity (Wildman–Crippen MR) is 108 cm³/mol. The third-order valence-electron chi connectivity index (χ3n) is 4.34. The average Bonchev–Trinajstić information content (AvgIpc) is 3.25. The third kappa shape index (κ3) is 4.37. The summed E-state index contributed by atoms with van der Waals surface area (Å²) in [5.74, 6) is 1.28. The van der Waals surface area contributed by atoms with Crippen molar-refractivity contribution in [1.29, 1.82) is 0 Å².